The molecular formula is C16H17N5O4S2. The molecule has 0 radical (unpaired) electrons. The minimum Gasteiger partial charge on any atom is -0.296 e. The number of hydrogen-bond donors (Lipinski definition) is 1. The summed E-state index contributed by atoms with van der Waals surface area (Å²) >= 11 is 1.12. The minimum absolute atomic E-state index is 0.000693. The Hall–Kier alpha value is -2.37. The summed E-state index contributed by atoms with van der Waals surface area (Å²) in [7, 11) is -2.22. The Bertz CT molecular complexity index is 1250. The summed E-state index contributed by atoms with van der Waals surface area (Å²) in [6.45, 7) is 1.81. The average Bonchev–Trinajstić information content (AvgIpc) is 3.12. The second kappa shape index (κ2) is 6.08. The van der Waals surface area contributed by atoms with Gasteiger partial charge in [-0.25, -0.2) is 17.9 Å². The number of nitrogens with one attached hydrogen (secondary N) is 1. The van der Waals surface area contributed by atoms with Gasteiger partial charge in [-0.15, -0.1) is 5.10 Å². The standard InChI is InChI=1S/C16H17N5O4S2/c1-16(5-6-16)18-27(24,25)11-3-4-13-12(7-11)14(22)21(15(23)20(13)2)8-10-9-26-19-17-10/h3-4,7,9,18H,5-6,8H2,1-2H3. The van der Waals surface area contributed by atoms with Gasteiger partial charge in [-0.05, 0) is 49.5 Å². The van der Waals surface area contributed by atoms with Crippen molar-refractivity contribution in [3.63, 3.8) is 0 Å². The van der Waals surface area contributed by atoms with E-state index in [9.17, 15) is 18.0 Å². The van der Waals surface area contributed by atoms with Crippen LogP contribution in [-0.2, 0) is 23.6 Å². The van der Waals surface area contributed by atoms with Crippen LogP contribution < -0.4 is 16.0 Å². The summed E-state index contributed by atoms with van der Waals surface area (Å²) in [6, 6.07) is 4.21. The van der Waals surface area contributed by atoms with Crippen molar-refractivity contribution in [3.8, 4) is 0 Å². The lowest BCUT2D eigenvalue weighted by atomic mass is 10.2. The molecule has 0 amide bonds. The van der Waals surface area contributed by atoms with Gasteiger partial charge in [0.05, 0.1) is 28.0 Å². The molecule has 0 saturated heterocycles. The summed E-state index contributed by atoms with van der Waals surface area (Å²) in [5.74, 6) is 0. The van der Waals surface area contributed by atoms with Crippen molar-refractivity contribution in [2.45, 2.75) is 36.7 Å². The molecule has 1 aliphatic rings. The molecule has 0 bridgehead atoms. The monoisotopic (exact) mass is 407 g/mol. The SMILES string of the molecule is Cn1c(=O)n(Cc2csnn2)c(=O)c2cc(S(=O)(=O)NC3(C)CC3)ccc21. The number of benzene rings is 1. The van der Waals surface area contributed by atoms with Gasteiger partial charge in [-0.3, -0.25) is 13.9 Å². The molecule has 1 aromatic carbocycles. The maximum Gasteiger partial charge on any atom is 0.331 e. The quantitative estimate of drug-likeness (QED) is 0.656. The lowest BCUT2D eigenvalue weighted by Gasteiger charge is -2.14. The zero-order valence-electron chi connectivity index (χ0n) is 14.7. The highest BCUT2D eigenvalue weighted by atomic mass is 32.2. The largest absolute Gasteiger partial charge is 0.331 e. The van der Waals surface area contributed by atoms with Crippen LogP contribution in [0.5, 0.6) is 0 Å². The third kappa shape index (κ3) is 3.22. The fourth-order valence-electron chi connectivity index (χ4n) is 2.89. The highest BCUT2D eigenvalue weighted by Gasteiger charge is 2.41. The number of rotatable bonds is 5. The first-order valence-corrected chi connectivity index (χ1v) is 10.6. The Morgan fingerprint density at radius 2 is 2.04 bits per heavy atom. The van der Waals surface area contributed by atoms with Crippen molar-refractivity contribution >= 4 is 32.5 Å². The number of aryl methyl sites for hydroxylation is 1. The third-order valence-electron chi connectivity index (χ3n) is 4.74. The Morgan fingerprint density at radius 1 is 1.30 bits per heavy atom. The van der Waals surface area contributed by atoms with Gasteiger partial charge >= 0.3 is 5.69 Å². The van der Waals surface area contributed by atoms with Gasteiger partial charge in [-0.2, -0.15) is 0 Å². The summed E-state index contributed by atoms with van der Waals surface area (Å²) in [4.78, 5) is 25.5. The molecule has 1 aliphatic carbocycles. The molecule has 2 aromatic heterocycles. The first-order chi connectivity index (χ1) is 12.7. The number of fused-ring (bicyclic) bond motifs is 1. The van der Waals surface area contributed by atoms with Gasteiger partial charge < -0.3 is 0 Å². The molecule has 11 heteroatoms. The number of nitrogens with zero attached hydrogens (tertiary/aromatic N) is 4. The van der Waals surface area contributed by atoms with E-state index in [0.717, 1.165) is 28.9 Å². The van der Waals surface area contributed by atoms with Crippen molar-refractivity contribution in [2.24, 2.45) is 7.05 Å². The van der Waals surface area contributed by atoms with Gasteiger partial charge in [-0.1, -0.05) is 4.49 Å². The predicted molar refractivity (Wildman–Crippen MR) is 100 cm³/mol. The van der Waals surface area contributed by atoms with Gasteiger partial charge in [0.25, 0.3) is 5.56 Å². The molecule has 1 saturated carbocycles. The molecule has 3 aromatic rings. The molecule has 142 valence electrons. The smallest absolute Gasteiger partial charge is 0.296 e. The van der Waals surface area contributed by atoms with Crippen LogP contribution >= 0.6 is 11.5 Å². The van der Waals surface area contributed by atoms with Crippen LogP contribution in [0, 0.1) is 0 Å². The highest BCUT2D eigenvalue weighted by molar-refractivity contribution is 7.89. The van der Waals surface area contributed by atoms with E-state index in [4.69, 9.17) is 0 Å². The highest BCUT2D eigenvalue weighted by Crippen LogP contribution is 2.36. The second-order valence-corrected chi connectivity index (χ2v) is 9.27. The van der Waals surface area contributed by atoms with Crippen molar-refractivity contribution in [2.75, 3.05) is 0 Å². The number of sulfonamides is 1. The van der Waals surface area contributed by atoms with E-state index in [1.807, 2.05) is 6.92 Å². The van der Waals surface area contributed by atoms with Crippen molar-refractivity contribution in [1.82, 2.24) is 23.4 Å². The number of hydrogen-bond acceptors (Lipinski definition) is 7. The van der Waals surface area contributed by atoms with Crippen LogP contribution in [0.2, 0.25) is 0 Å². The lowest BCUT2D eigenvalue weighted by Crippen LogP contribution is -2.39. The van der Waals surface area contributed by atoms with Gasteiger partial charge in [0, 0.05) is 18.0 Å². The van der Waals surface area contributed by atoms with Crippen LogP contribution in [0.25, 0.3) is 10.9 Å². The normalized spacial score (nSPS) is 15.9. The summed E-state index contributed by atoms with van der Waals surface area (Å²) in [5.41, 5.74) is -0.620. The van der Waals surface area contributed by atoms with Crippen LogP contribution in [0.3, 0.4) is 0 Å². The lowest BCUT2D eigenvalue weighted by molar-refractivity contribution is 0.558. The summed E-state index contributed by atoms with van der Waals surface area (Å²) in [6.07, 6.45) is 1.56. The van der Waals surface area contributed by atoms with Crippen LogP contribution in [0.4, 0.5) is 0 Å². The van der Waals surface area contributed by atoms with E-state index in [-0.39, 0.29) is 16.8 Å². The van der Waals surface area contributed by atoms with E-state index in [2.05, 4.69) is 14.3 Å². The van der Waals surface area contributed by atoms with Gasteiger partial charge in [0.15, 0.2) is 0 Å². The first kappa shape index (κ1) is 18.0. The zero-order valence-corrected chi connectivity index (χ0v) is 16.3. The van der Waals surface area contributed by atoms with Crippen molar-refractivity contribution < 1.29 is 8.42 Å². The predicted octanol–water partition coefficient (Wildman–Crippen LogP) is 0.431. The summed E-state index contributed by atoms with van der Waals surface area (Å²) in [5, 5.41) is 5.67. The number of aromatic nitrogens is 4. The molecule has 0 unspecified atom stereocenters. The zero-order chi connectivity index (χ0) is 19.4. The second-order valence-electron chi connectivity index (χ2n) is 6.97. The van der Waals surface area contributed by atoms with Gasteiger partial charge in [0.2, 0.25) is 10.0 Å². The molecule has 1 fully saturated rings. The maximum atomic E-state index is 12.9. The summed E-state index contributed by atoms with van der Waals surface area (Å²) < 4.78 is 34.0. The molecule has 27 heavy (non-hydrogen) atoms. The molecule has 1 N–H and O–H groups in total. The van der Waals surface area contributed by atoms with Crippen molar-refractivity contribution in [1.29, 1.82) is 0 Å². The molecule has 0 aliphatic heterocycles. The minimum atomic E-state index is -3.76. The molecule has 4 rings (SSSR count). The molecule has 9 nitrogen and oxygen atoms in total. The van der Waals surface area contributed by atoms with E-state index < -0.39 is 26.8 Å². The van der Waals surface area contributed by atoms with E-state index in [0.29, 0.717) is 11.2 Å². The molecule has 2 heterocycles. The Balaban J connectivity index is 1.87. The van der Waals surface area contributed by atoms with E-state index in [1.165, 1.54) is 29.8 Å². The Morgan fingerprint density at radius 3 is 2.67 bits per heavy atom. The average molecular weight is 407 g/mol. The molecular weight excluding hydrogens is 390 g/mol. The fourth-order valence-corrected chi connectivity index (χ4v) is 4.82. The first-order valence-electron chi connectivity index (χ1n) is 8.24. The van der Waals surface area contributed by atoms with Crippen LogP contribution in [0.1, 0.15) is 25.5 Å². The van der Waals surface area contributed by atoms with Crippen LogP contribution in [0.15, 0.2) is 38.1 Å². The Labute approximate surface area is 158 Å². The topological polar surface area (TPSA) is 116 Å². The Kier molecular flexibility index (Phi) is 4.05. The van der Waals surface area contributed by atoms with Gasteiger partial charge in [0.1, 0.15) is 0 Å². The fraction of sp³-hybridized carbons (Fsp3) is 0.375. The van der Waals surface area contributed by atoms with Crippen LogP contribution in [-0.4, -0.2) is 32.7 Å². The maximum absolute atomic E-state index is 12.9. The van der Waals surface area contributed by atoms with Crippen molar-refractivity contribution in [3.05, 3.63) is 50.1 Å². The van der Waals surface area contributed by atoms with E-state index >= 15 is 0 Å². The molecule has 0 atom stereocenters. The molecule has 0 spiro atoms. The third-order valence-corrected chi connectivity index (χ3v) is 6.93. The van der Waals surface area contributed by atoms with E-state index in [1.54, 1.807) is 5.38 Å².